The number of hydrogen-bond donors (Lipinski definition) is 3. The Bertz CT molecular complexity index is 1550. The highest BCUT2D eigenvalue weighted by Gasteiger charge is 2.54. The smallest absolute Gasteiger partial charge is 0.352 e. The molecule has 2 aliphatic rings. The monoisotopic (exact) mass is 540 g/mol. The zero-order valence-corrected chi connectivity index (χ0v) is 20.7. The van der Waals surface area contributed by atoms with Gasteiger partial charge in [0.05, 0.1) is 5.56 Å². The van der Waals surface area contributed by atoms with Crippen molar-refractivity contribution in [2.45, 2.75) is 18.0 Å². The third kappa shape index (κ3) is 4.23. The van der Waals surface area contributed by atoms with Gasteiger partial charge in [0, 0.05) is 28.9 Å². The van der Waals surface area contributed by atoms with E-state index in [1.807, 2.05) is 4.57 Å². The summed E-state index contributed by atoms with van der Waals surface area (Å²) in [7, 11) is 1.25. The number of thioether (sulfide) groups is 1. The van der Waals surface area contributed by atoms with Gasteiger partial charge in [0.1, 0.15) is 55.4 Å². The number of carbonyl (C=O) groups is 3. The summed E-state index contributed by atoms with van der Waals surface area (Å²) >= 11 is 2.21. The number of β-lactam (4-membered cyclic amide) rings is 1. The van der Waals surface area contributed by atoms with Crippen LogP contribution in [0.2, 0.25) is 0 Å². The molecule has 0 radical (unpaired) electrons. The number of fused-ring (bicyclic) bond motifs is 2. The Morgan fingerprint density at radius 1 is 1.46 bits per heavy atom. The second kappa shape index (κ2) is 9.52. The van der Waals surface area contributed by atoms with Crippen LogP contribution in [0.4, 0.5) is 5.13 Å². The number of carboxylic acids is 1. The fourth-order valence-electron chi connectivity index (χ4n) is 4.13. The van der Waals surface area contributed by atoms with Crippen LogP contribution in [0.3, 0.4) is 0 Å². The number of carbonyl (C=O) groups excluding carboxylic acids is 2. The largest absolute Gasteiger partial charge is 0.477 e. The maximum absolute atomic E-state index is 13.0. The van der Waals surface area contributed by atoms with Crippen LogP contribution in [-0.4, -0.2) is 71.5 Å². The van der Waals surface area contributed by atoms with E-state index in [2.05, 4.69) is 25.9 Å². The summed E-state index contributed by atoms with van der Waals surface area (Å²) in [5.74, 6) is -2.27. The van der Waals surface area contributed by atoms with Gasteiger partial charge in [-0.2, -0.15) is 14.6 Å². The van der Waals surface area contributed by atoms with Crippen LogP contribution >= 0.6 is 23.3 Å². The van der Waals surface area contributed by atoms with E-state index in [1.54, 1.807) is 35.1 Å². The lowest BCUT2D eigenvalue weighted by molar-refractivity contribution is -0.662. The minimum absolute atomic E-state index is 0.0473. The number of oxime groups is 1. The van der Waals surface area contributed by atoms with Gasteiger partial charge in [-0.05, 0) is 6.07 Å². The maximum atomic E-state index is 13.0. The van der Waals surface area contributed by atoms with Gasteiger partial charge in [-0.3, -0.25) is 14.5 Å². The number of amides is 2. The third-order valence-electron chi connectivity index (χ3n) is 5.73. The molecule has 0 aromatic carbocycles. The number of nitrogens with zero attached hydrogens (tertiary/aromatic N) is 7. The van der Waals surface area contributed by atoms with E-state index >= 15 is 0 Å². The van der Waals surface area contributed by atoms with Crippen molar-refractivity contribution in [2.75, 3.05) is 18.6 Å². The molecule has 188 valence electrons. The zero-order chi connectivity index (χ0) is 26.3. The SMILES string of the molecule is CO/N=C(\C(=O)N[C@@H]1C(=O)N2C(C(=O)O)=C(C[n+]3ccn4cc(C#N)ccc43)CS[C@H]12)c1nsc(N)n1. The van der Waals surface area contributed by atoms with Crippen molar-refractivity contribution < 1.29 is 28.9 Å². The first kappa shape index (κ1) is 24.2. The number of anilines is 1. The summed E-state index contributed by atoms with van der Waals surface area (Å²) < 4.78 is 7.55. The van der Waals surface area contributed by atoms with Gasteiger partial charge in [0.15, 0.2) is 5.13 Å². The molecule has 3 aromatic rings. The van der Waals surface area contributed by atoms with Crippen LogP contribution in [-0.2, 0) is 25.8 Å². The Balaban J connectivity index is 1.37. The molecule has 4 N–H and O–H groups in total. The van der Waals surface area contributed by atoms with Gasteiger partial charge in [-0.1, -0.05) is 5.16 Å². The lowest BCUT2D eigenvalue weighted by atomic mass is 10.0. The summed E-state index contributed by atoms with van der Waals surface area (Å²) in [6.45, 7) is 0.228. The predicted octanol–water partition coefficient (Wildman–Crippen LogP) is -0.679. The molecule has 0 bridgehead atoms. The van der Waals surface area contributed by atoms with E-state index in [0.717, 1.165) is 17.2 Å². The number of nitrogens with two attached hydrogens (primary N) is 1. The molecule has 0 aliphatic carbocycles. The summed E-state index contributed by atoms with van der Waals surface area (Å²) in [4.78, 5) is 47.9. The van der Waals surface area contributed by atoms with E-state index in [-0.39, 0.29) is 28.9 Å². The number of nitriles is 1. The minimum atomic E-state index is -1.24. The number of nitrogen functional groups attached to an aromatic ring is 1. The molecule has 1 saturated heterocycles. The molecule has 0 spiro atoms. The first-order valence-electron chi connectivity index (χ1n) is 10.6. The average Bonchev–Trinajstić information content (AvgIpc) is 3.50. The van der Waals surface area contributed by atoms with Gasteiger partial charge in [-0.15, -0.1) is 11.8 Å². The first-order valence-corrected chi connectivity index (χ1v) is 12.5. The number of rotatable bonds is 7. The number of hydrogen-bond acceptors (Lipinski definition) is 11. The Morgan fingerprint density at radius 2 is 2.27 bits per heavy atom. The van der Waals surface area contributed by atoms with E-state index in [1.165, 1.54) is 23.8 Å². The molecule has 0 saturated carbocycles. The molecule has 37 heavy (non-hydrogen) atoms. The number of aliphatic carboxylic acids is 1. The number of aromatic nitrogens is 4. The van der Waals surface area contributed by atoms with E-state index < -0.39 is 29.2 Å². The van der Waals surface area contributed by atoms with Gasteiger partial charge in [0.2, 0.25) is 11.5 Å². The van der Waals surface area contributed by atoms with Crippen LogP contribution in [0.5, 0.6) is 0 Å². The van der Waals surface area contributed by atoms with Crippen molar-refractivity contribution >= 4 is 57.6 Å². The Hall–Kier alpha value is -4.49. The van der Waals surface area contributed by atoms with Crippen LogP contribution in [0.15, 0.2) is 47.1 Å². The molecule has 14 nitrogen and oxygen atoms in total. The number of pyridine rings is 1. The molecule has 2 amide bonds. The van der Waals surface area contributed by atoms with Crippen LogP contribution in [0, 0.1) is 11.3 Å². The fourth-order valence-corrected chi connectivity index (χ4v) is 5.90. The normalized spacial score (nSPS) is 19.3. The molecule has 16 heteroatoms. The summed E-state index contributed by atoms with van der Waals surface area (Å²) in [5, 5.41) is 24.8. The lowest BCUT2D eigenvalue weighted by Crippen LogP contribution is -2.71. The summed E-state index contributed by atoms with van der Waals surface area (Å²) in [6.07, 6.45) is 5.21. The quantitative estimate of drug-likeness (QED) is 0.150. The van der Waals surface area contributed by atoms with Crippen molar-refractivity contribution in [2.24, 2.45) is 5.16 Å². The Kier molecular flexibility index (Phi) is 6.23. The average molecular weight is 541 g/mol. The molecule has 5 heterocycles. The molecular formula is C21H18N9O5S2+. The lowest BCUT2D eigenvalue weighted by Gasteiger charge is -2.49. The van der Waals surface area contributed by atoms with Gasteiger partial charge >= 0.3 is 5.97 Å². The molecule has 2 atom stereocenters. The Morgan fingerprint density at radius 3 is 2.95 bits per heavy atom. The maximum Gasteiger partial charge on any atom is 0.352 e. The first-order chi connectivity index (χ1) is 17.8. The number of nitrogens with one attached hydrogen (secondary N) is 1. The van der Waals surface area contributed by atoms with Crippen molar-refractivity contribution in [1.82, 2.24) is 24.0 Å². The molecule has 5 rings (SSSR count). The molecular weight excluding hydrogens is 522 g/mol. The van der Waals surface area contributed by atoms with Crippen molar-refractivity contribution in [3.63, 3.8) is 0 Å². The Labute approximate surface area is 216 Å². The van der Waals surface area contributed by atoms with Gasteiger partial charge < -0.3 is 21.0 Å². The molecule has 2 aliphatic heterocycles. The van der Waals surface area contributed by atoms with E-state index in [0.29, 0.717) is 16.9 Å². The number of imidazole rings is 1. The summed E-state index contributed by atoms with van der Waals surface area (Å²) in [6, 6.07) is 4.54. The zero-order valence-electron chi connectivity index (χ0n) is 19.1. The predicted molar refractivity (Wildman–Crippen MR) is 130 cm³/mol. The highest BCUT2D eigenvalue weighted by atomic mass is 32.2. The summed E-state index contributed by atoms with van der Waals surface area (Å²) in [5.41, 5.74) is 7.00. The molecule has 1 fully saturated rings. The molecule has 3 aromatic heterocycles. The van der Waals surface area contributed by atoms with Gasteiger partial charge in [0.25, 0.3) is 17.5 Å². The highest BCUT2D eigenvalue weighted by molar-refractivity contribution is 8.00. The van der Waals surface area contributed by atoms with Crippen molar-refractivity contribution in [3.8, 4) is 6.07 Å². The highest BCUT2D eigenvalue weighted by Crippen LogP contribution is 2.40. The van der Waals surface area contributed by atoms with E-state index in [4.69, 9.17) is 15.8 Å². The van der Waals surface area contributed by atoms with Crippen molar-refractivity contribution in [1.29, 1.82) is 5.26 Å². The van der Waals surface area contributed by atoms with Crippen LogP contribution < -0.4 is 15.6 Å². The van der Waals surface area contributed by atoms with E-state index in [9.17, 15) is 19.5 Å². The second-order valence-corrected chi connectivity index (χ2v) is 9.81. The van der Waals surface area contributed by atoms with Crippen LogP contribution in [0.1, 0.15) is 11.4 Å². The van der Waals surface area contributed by atoms with Gasteiger partial charge in [-0.25, -0.2) is 13.8 Å². The second-order valence-electron chi connectivity index (χ2n) is 7.92. The third-order valence-corrected chi connectivity index (χ3v) is 7.62. The standard InChI is InChI=1S/C21H17N9O5S2/c1-35-26-13(16-25-21(23)37-27-16)17(31)24-14-18(32)30-15(20(33)34)11(9-36-19(14)30)8-29-5-4-28-7-10(6-22)2-3-12(28)29/h2-5,7,14,19H,8-9H2,1H3,(H3-,23,24,25,27,31,33,34)/p+1/b26-13-/t14-,19-/m1/s1. The van der Waals surface area contributed by atoms with Crippen LogP contribution in [0.25, 0.3) is 5.65 Å². The molecule has 0 unspecified atom stereocenters. The number of carboxylic acid groups (broad SMARTS) is 1. The topological polar surface area (TPSA) is 192 Å². The minimum Gasteiger partial charge on any atom is -0.477 e. The fraction of sp³-hybridized carbons (Fsp3) is 0.238. The van der Waals surface area contributed by atoms with Crippen molar-refractivity contribution in [3.05, 3.63) is 53.4 Å².